The minimum absolute atomic E-state index is 0.0279. The first-order valence-corrected chi connectivity index (χ1v) is 9.51. The smallest absolute Gasteiger partial charge is 0.225 e. The third-order valence-corrected chi connectivity index (χ3v) is 5.10. The molecule has 0 unspecified atom stereocenters. The Morgan fingerprint density at radius 1 is 1.15 bits per heavy atom. The number of carbonyl (C=O) groups is 1. The SMILES string of the molecule is COc1ccc(NC(=O)CCSCc2c[nH]c3ccccc23)c(OC)c1. The lowest BCUT2D eigenvalue weighted by atomic mass is 10.2. The number of rotatable bonds is 8. The van der Waals surface area contributed by atoms with Crippen LogP contribution in [0.5, 0.6) is 11.5 Å². The third kappa shape index (κ3) is 4.32. The van der Waals surface area contributed by atoms with Gasteiger partial charge in [0, 0.05) is 41.1 Å². The molecule has 2 aromatic carbocycles. The number of anilines is 1. The predicted octanol–water partition coefficient (Wildman–Crippen LogP) is 4.45. The molecule has 0 atom stereocenters. The molecule has 0 spiro atoms. The average molecular weight is 370 g/mol. The van der Waals surface area contributed by atoms with E-state index in [9.17, 15) is 4.79 Å². The molecule has 136 valence electrons. The first kappa shape index (κ1) is 18.2. The molecule has 3 rings (SSSR count). The number of para-hydroxylation sites is 1. The number of hydrogen-bond donors (Lipinski definition) is 2. The minimum atomic E-state index is -0.0279. The molecule has 3 aromatic rings. The van der Waals surface area contributed by atoms with Gasteiger partial charge < -0.3 is 19.8 Å². The standard InChI is InChI=1S/C20H22N2O3S/c1-24-15-7-8-18(19(11-15)25-2)22-20(23)9-10-26-13-14-12-21-17-6-4-3-5-16(14)17/h3-8,11-12,21H,9-10,13H2,1-2H3,(H,22,23). The Morgan fingerprint density at radius 2 is 2.00 bits per heavy atom. The quantitative estimate of drug-likeness (QED) is 0.575. The van der Waals surface area contributed by atoms with Gasteiger partial charge in [0.05, 0.1) is 19.9 Å². The van der Waals surface area contributed by atoms with Crippen molar-refractivity contribution < 1.29 is 14.3 Å². The summed E-state index contributed by atoms with van der Waals surface area (Å²) in [6, 6.07) is 13.6. The van der Waals surface area contributed by atoms with Crippen molar-refractivity contribution in [2.45, 2.75) is 12.2 Å². The molecule has 0 aliphatic carbocycles. The zero-order chi connectivity index (χ0) is 18.4. The highest BCUT2D eigenvalue weighted by Crippen LogP contribution is 2.29. The predicted molar refractivity (Wildman–Crippen MR) is 107 cm³/mol. The average Bonchev–Trinajstić information content (AvgIpc) is 3.08. The molecule has 1 amide bonds. The molecular weight excluding hydrogens is 348 g/mol. The molecule has 0 saturated heterocycles. The second-order valence-corrected chi connectivity index (χ2v) is 6.88. The number of aromatic amines is 1. The van der Waals surface area contributed by atoms with Gasteiger partial charge in [0.2, 0.25) is 5.91 Å². The van der Waals surface area contributed by atoms with Crippen LogP contribution in [-0.4, -0.2) is 30.9 Å². The molecule has 26 heavy (non-hydrogen) atoms. The van der Waals surface area contributed by atoms with Gasteiger partial charge in [0.1, 0.15) is 11.5 Å². The Morgan fingerprint density at radius 3 is 2.81 bits per heavy atom. The lowest BCUT2D eigenvalue weighted by molar-refractivity contribution is -0.115. The number of fused-ring (bicyclic) bond motifs is 1. The lowest BCUT2D eigenvalue weighted by Crippen LogP contribution is -2.13. The summed E-state index contributed by atoms with van der Waals surface area (Å²) in [6.07, 6.45) is 2.49. The van der Waals surface area contributed by atoms with Crippen LogP contribution < -0.4 is 14.8 Å². The van der Waals surface area contributed by atoms with E-state index in [2.05, 4.69) is 22.4 Å². The Labute approximate surface area is 157 Å². The van der Waals surface area contributed by atoms with Crippen LogP contribution in [0.15, 0.2) is 48.7 Å². The monoisotopic (exact) mass is 370 g/mol. The fourth-order valence-electron chi connectivity index (χ4n) is 2.71. The molecular formula is C20H22N2O3S. The second-order valence-electron chi connectivity index (χ2n) is 5.78. The van der Waals surface area contributed by atoms with Crippen LogP contribution in [0.25, 0.3) is 10.9 Å². The summed E-state index contributed by atoms with van der Waals surface area (Å²) >= 11 is 1.75. The topological polar surface area (TPSA) is 63.3 Å². The zero-order valence-corrected chi connectivity index (χ0v) is 15.7. The van der Waals surface area contributed by atoms with Crippen LogP contribution in [0.2, 0.25) is 0 Å². The summed E-state index contributed by atoms with van der Waals surface area (Å²) < 4.78 is 10.5. The molecule has 6 heteroatoms. The number of carbonyl (C=O) groups excluding carboxylic acids is 1. The number of benzene rings is 2. The van der Waals surface area contributed by atoms with Crippen LogP contribution in [0.1, 0.15) is 12.0 Å². The maximum Gasteiger partial charge on any atom is 0.225 e. The summed E-state index contributed by atoms with van der Waals surface area (Å²) in [6.45, 7) is 0. The van der Waals surface area contributed by atoms with Crippen molar-refractivity contribution in [3.8, 4) is 11.5 Å². The van der Waals surface area contributed by atoms with E-state index in [-0.39, 0.29) is 5.91 Å². The fraction of sp³-hybridized carbons (Fsp3) is 0.250. The number of H-pyrrole nitrogens is 1. The molecule has 1 aromatic heterocycles. The van der Waals surface area contributed by atoms with Crippen molar-refractivity contribution in [2.75, 3.05) is 25.3 Å². The van der Waals surface area contributed by atoms with E-state index in [0.717, 1.165) is 17.0 Å². The summed E-state index contributed by atoms with van der Waals surface area (Å²) in [5, 5.41) is 4.14. The first-order chi connectivity index (χ1) is 12.7. The molecule has 1 heterocycles. The van der Waals surface area contributed by atoms with Crippen LogP contribution in [-0.2, 0) is 10.5 Å². The highest BCUT2D eigenvalue weighted by atomic mass is 32.2. The number of methoxy groups -OCH3 is 2. The third-order valence-electron chi connectivity index (χ3n) is 4.09. The van der Waals surface area contributed by atoms with Gasteiger partial charge in [-0.3, -0.25) is 4.79 Å². The minimum Gasteiger partial charge on any atom is -0.497 e. The van der Waals surface area contributed by atoms with E-state index in [1.165, 1.54) is 10.9 Å². The maximum absolute atomic E-state index is 12.2. The lowest BCUT2D eigenvalue weighted by Gasteiger charge is -2.11. The molecule has 0 aliphatic rings. The first-order valence-electron chi connectivity index (χ1n) is 8.36. The van der Waals surface area contributed by atoms with E-state index >= 15 is 0 Å². The van der Waals surface area contributed by atoms with Crippen molar-refractivity contribution in [1.29, 1.82) is 0 Å². The normalized spacial score (nSPS) is 10.7. The summed E-state index contributed by atoms with van der Waals surface area (Å²) in [5.41, 5.74) is 3.07. The van der Waals surface area contributed by atoms with E-state index in [4.69, 9.17) is 9.47 Å². The fourth-order valence-corrected chi connectivity index (χ4v) is 3.65. The van der Waals surface area contributed by atoms with E-state index in [1.54, 1.807) is 44.2 Å². The Hall–Kier alpha value is -2.60. The van der Waals surface area contributed by atoms with Gasteiger partial charge in [0.15, 0.2) is 0 Å². The van der Waals surface area contributed by atoms with Crippen LogP contribution >= 0.6 is 11.8 Å². The van der Waals surface area contributed by atoms with Crippen molar-refractivity contribution >= 4 is 34.3 Å². The molecule has 0 saturated carbocycles. The second kappa shape index (κ2) is 8.67. The van der Waals surface area contributed by atoms with Gasteiger partial charge in [0.25, 0.3) is 0 Å². The molecule has 5 nitrogen and oxygen atoms in total. The number of aromatic nitrogens is 1. The Bertz CT molecular complexity index is 892. The number of nitrogens with one attached hydrogen (secondary N) is 2. The Kier molecular flexibility index (Phi) is 6.07. The number of amides is 1. The van der Waals surface area contributed by atoms with Gasteiger partial charge in [-0.2, -0.15) is 11.8 Å². The molecule has 0 aliphatic heterocycles. The van der Waals surface area contributed by atoms with Crippen molar-refractivity contribution in [3.63, 3.8) is 0 Å². The summed E-state index contributed by atoms with van der Waals surface area (Å²) in [4.78, 5) is 15.5. The maximum atomic E-state index is 12.2. The molecule has 0 fully saturated rings. The molecule has 0 radical (unpaired) electrons. The van der Waals surface area contributed by atoms with E-state index in [1.807, 2.05) is 18.3 Å². The van der Waals surface area contributed by atoms with Gasteiger partial charge in [-0.15, -0.1) is 0 Å². The highest BCUT2D eigenvalue weighted by Gasteiger charge is 2.09. The van der Waals surface area contributed by atoms with Gasteiger partial charge >= 0.3 is 0 Å². The number of ether oxygens (including phenoxy) is 2. The number of hydrogen-bond acceptors (Lipinski definition) is 4. The van der Waals surface area contributed by atoms with Crippen LogP contribution in [0, 0.1) is 0 Å². The van der Waals surface area contributed by atoms with Crippen molar-refractivity contribution in [3.05, 3.63) is 54.2 Å². The van der Waals surface area contributed by atoms with Crippen LogP contribution in [0.4, 0.5) is 5.69 Å². The van der Waals surface area contributed by atoms with Crippen LogP contribution in [0.3, 0.4) is 0 Å². The zero-order valence-electron chi connectivity index (χ0n) is 14.9. The largest absolute Gasteiger partial charge is 0.497 e. The number of thioether (sulfide) groups is 1. The van der Waals surface area contributed by atoms with E-state index < -0.39 is 0 Å². The van der Waals surface area contributed by atoms with Crippen molar-refractivity contribution in [2.24, 2.45) is 0 Å². The van der Waals surface area contributed by atoms with Gasteiger partial charge in [-0.1, -0.05) is 18.2 Å². The van der Waals surface area contributed by atoms with Gasteiger partial charge in [-0.25, -0.2) is 0 Å². The summed E-state index contributed by atoms with van der Waals surface area (Å²) in [5.74, 6) is 2.88. The van der Waals surface area contributed by atoms with Gasteiger partial charge in [-0.05, 0) is 23.8 Å². The highest BCUT2D eigenvalue weighted by molar-refractivity contribution is 7.98. The van der Waals surface area contributed by atoms with Crippen molar-refractivity contribution in [1.82, 2.24) is 4.98 Å². The molecule has 0 bridgehead atoms. The molecule has 2 N–H and O–H groups in total. The summed E-state index contributed by atoms with van der Waals surface area (Å²) in [7, 11) is 3.17. The van der Waals surface area contributed by atoms with E-state index in [0.29, 0.717) is 23.6 Å². The Balaban J connectivity index is 1.49.